The van der Waals surface area contributed by atoms with E-state index in [0.29, 0.717) is 0 Å². The standard InChI is InChI=1S/C16H15F4NO3/c1-3-24-16(23)9(6-21-8-4-5-8)15(22)10-7(2)11(17)13(19)14(20)12(10)18/h6,8,21H,3-5H2,1-2H3. The van der Waals surface area contributed by atoms with Gasteiger partial charge < -0.3 is 10.1 Å². The molecular weight excluding hydrogens is 330 g/mol. The highest BCUT2D eigenvalue weighted by molar-refractivity contribution is 6.24. The lowest BCUT2D eigenvalue weighted by molar-refractivity contribution is -0.138. The lowest BCUT2D eigenvalue weighted by Gasteiger charge is -2.12. The van der Waals surface area contributed by atoms with Gasteiger partial charge in [0.05, 0.1) is 12.2 Å². The fourth-order valence-electron chi connectivity index (χ4n) is 2.02. The summed E-state index contributed by atoms with van der Waals surface area (Å²) in [4.78, 5) is 24.4. The maximum absolute atomic E-state index is 14.0. The van der Waals surface area contributed by atoms with Gasteiger partial charge in [-0.3, -0.25) is 4.79 Å². The Kier molecular flexibility index (Phi) is 5.26. The fraction of sp³-hybridized carbons (Fsp3) is 0.375. The van der Waals surface area contributed by atoms with Gasteiger partial charge in [-0.15, -0.1) is 0 Å². The molecular formula is C16H15F4NO3. The van der Waals surface area contributed by atoms with Crippen molar-refractivity contribution in [3.8, 4) is 0 Å². The zero-order valence-electron chi connectivity index (χ0n) is 13.0. The molecule has 0 aliphatic heterocycles. The molecule has 24 heavy (non-hydrogen) atoms. The summed E-state index contributed by atoms with van der Waals surface area (Å²) in [5.41, 5.74) is -2.38. The lowest BCUT2D eigenvalue weighted by Crippen LogP contribution is -2.23. The average molecular weight is 345 g/mol. The molecule has 0 amide bonds. The summed E-state index contributed by atoms with van der Waals surface area (Å²) >= 11 is 0. The van der Waals surface area contributed by atoms with Crippen molar-refractivity contribution in [2.75, 3.05) is 6.61 Å². The number of nitrogens with one attached hydrogen (secondary N) is 1. The van der Waals surface area contributed by atoms with Crippen LogP contribution in [0.3, 0.4) is 0 Å². The first-order valence-electron chi connectivity index (χ1n) is 7.30. The summed E-state index contributed by atoms with van der Waals surface area (Å²) in [5.74, 6) is -10.0. The fourth-order valence-corrected chi connectivity index (χ4v) is 2.02. The smallest absolute Gasteiger partial charge is 0.343 e. The molecule has 0 heterocycles. The Morgan fingerprint density at radius 1 is 1.12 bits per heavy atom. The predicted octanol–water partition coefficient (Wildman–Crippen LogP) is 2.93. The van der Waals surface area contributed by atoms with Crippen LogP contribution in [0.2, 0.25) is 0 Å². The molecule has 1 saturated carbocycles. The van der Waals surface area contributed by atoms with Crippen LogP contribution < -0.4 is 5.32 Å². The number of Topliss-reactive ketones (excluding diaryl/α,β-unsaturated/α-hetero) is 1. The number of rotatable bonds is 6. The van der Waals surface area contributed by atoms with Gasteiger partial charge in [0.15, 0.2) is 23.3 Å². The predicted molar refractivity (Wildman–Crippen MR) is 76.2 cm³/mol. The second-order valence-corrected chi connectivity index (χ2v) is 5.30. The van der Waals surface area contributed by atoms with Crippen molar-refractivity contribution in [1.82, 2.24) is 5.32 Å². The zero-order valence-corrected chi connectivity index (χ0v) is 13.0. The minimum absolute atomic E-state index is 0.0551. The number of ether oxygens (including phenoxy) is 1. The molecule has 2 rings (SSSR count). The van der Waals surface area contributed by atoms with E-state index < -0.39 is 51.7 Å². The number of carbonyl (C=O) groups is 2. The molecule has 1 aromatic rings. The van der Waals surface area contributed by atoms with Crippen LogP contribution in [0.15, 0.2) is 11.8 Å². The first kappa shape index (κ1) is 18.0. The van der Waals surface area contributed by atoms with E-state index in [4.69, 9.17) is 4.74 Å². The second-order valence-electron chi connectivity index (χ2n) is 5.30. The van der Waals surface area contributed by atoms with E-state index in [1.165, 1.54) is 6.92 Å². The lowest BCUT2D eigenvalue weighted by atomic mass is 9.97. The Morgan fingerprint density at radius 2 is 1.71 bits per heavy atom. The molecule has 0 spiro atoms. The molecule has 1 aromatic carbocycles. The van der Waals surface area contributed by atoms with Crippen LogP contribution in [-0.4, -0.2) is 24.4 Å². The summed E-state index contributed by atoms with van der Waals surface area (Å²) in [5, 5.41) is 2.76. The molecule has 1 aliphatic carbocycles. The Hall–Kier alpha value is -2.38. The molecule has 0 saturated heterocycles. The van der Waals surface area contributed by atoms with Crippen molar-refractivity contribution in [3.63, 3.8) is 0 Å². The number of esters is 1. The zero-order chi connectivity index (χ0) is 18.0. The van der Waals surface area contributed by atoms with Crippen LogP contribution >= 0.6 is 0 Å². The summed E-state index contributed by atoms with van der Waals surface area (Å²) in [6.07, 6.45) is 2.69. The van der Waals surface area contributed by atoms with Crippen LogP contribution in [0.4, 0.5) is 17.6 Å². The molecule has 1 N–H and O–H groups in total. The molecule has 0 bridgehead atoms. The largest absolute Gasteiger partial charge is 0.462 e. The third-order valence-electron chi connectivity index (χ3n) is 3.51. The van der Waals surface area contributed by atoms with Crippen LogP contribution in [0.1, 0.15) is 35.7 Å². The molecule has 0 radical (unpaired) electrons. The molecule has 130 valence electrons. The van der Waals surface area contributed by atoms with Crippen molar-refractivity contribution < 1.29 is 31.9 Å². The summed E-state index contributed by atoms with van der Waals surface area (Å²) in [6, 6.07) is 0.0647. The minimum Gasteiger partial charge on any atom is -0.462 e. The monoisotopic (exact) mass is 345 g/mol. The van der Waals surface area contributed by atoms with E-state index in [1.54, 1.807) is 0 Å². The molecule has 8 heteroatoms. The van der Waals surface area contributed by atoms with Crippen molar-refractivity contribution in [1.29, 1.82) is 0 Å². The molecule has 1 aliphatic rings. The van der Waals surface area contributed by atoms with E-state index >= 15 is 0 Å². The molecule has 0 atom stereocenters. The Labute approximate surface area is 135 Å². The summed E-state index contributed by atoms with van der Waals surface area (Å²) in [6.45, 7) is 2.36. The van der Waals surface area contributed by atoms with Gasteiger partial charge in [-0.25, -0.2) is 22.4 Å². The normalized spacial score (nSPS) is 14.5. The van der Waals surface area contributed by atoms with Crippen molar-refractivity contribution in [3.05, 3.63) is 46.2 Å². The van der Waals surface area contributed by atoms with Crippen LogP contribution in [0, 0.1) is 30.2 Å². The van der Waals surface area contributed by atoms with Gasteiger partial charge in [-0.05, 0) is 26.7 Å². The first-order valence-corrected chi connectivity index (χ1v) is 7.30. The molecule has 0 aromatic heterocycles. The second kappa shape index (κ2) is 7.02. The number of hydrogen-bond donors (Lipinski definition) is 1. The Bertz CT molecular complexity index is 698. The van der Waals surface area contributed by atoms with E-state index in [0.717, 1.165) is 26.0 Å². The maximum Gasteiger partial charge on any atom is 0.343 e. The highest BCUT2D eigenvalue weighted by Crippen LogP contribution is 2.26. The summed E-state index contributed by atoms with van der Waals surface area (Å²) in [7, 11) is 0. The number of benzene rings is 1. The minimum atomic E-state index is -2.11. The van der Waals surface area contributed by atoms with E-state index in [9.17, 15) is 27.2 Å². The van der Waals surface area contributed by atoms with Gasteiger partial charge in [0.2, 0.25) is 5.78 Å². The molecule has 0 unspecified atom stereocenters. The third kappa shape index (κ3) is 3.42. The number of ketones is 1. The van der Waals surface area contributed by atoms with Gasteiger partial charge in [-0.1, -0.05) is 0 Å². The number of halogens is 4. The average Bonchev–Trinajstić information content (AvgIpc) is 3.36. The van der Waals surface area contributed by atoms with E-state index in [-0.39, 0.29) is 12.6 Å². The van der Waals surface area contributed by atoms with Crippen molar-refractivity contribution in [2.24, 2.45) is 0 Å². The van der Waals surface area contributed by atoms with Gasteiger partial charge in [0.25, 0.3) is 0 Å². The van der Waals surface area contributed by atoms with Crippen LogP contribution in [0.5, 0.6) is 0 Å². The maximum atomic E-state index is 14.0. The highest BCUT2D eigenvalue weighted by atomic mass is 19.2. The molecule has 4 nitrogen and oxygen atoms in total. The van der Waals surface area contributed by atoms with Crippen LogP contribution in [0.25, 0.3) is 0 Å². The van der Waals surface area contributed by atoms with Gasteiger partial charge in [0, 0.05) is 17.8 Å². The van der Waals surface area contributed by atoms with Gasteiger partial charge >= 0.3 is 5.97 Å². The van der Waals surface area contributed by atoms with Crippen molar-refractivity contribution in [2.45, 2.75) is 32.7 Å². The number of hydrogen-bond acceptors (Lipinski definition) is 4. The first-order chi connectivity index (χ1) is 11.3. The number of carbonyl (C=O) groups excluding carboxylic acids is 2. The summed E-state index contributed by atoms with van der Waals surface area (Å²) < 4.78 is 59.0. The highest BCUT2D eigenvalue weighted by Gasteiger charge is 2.32. The third-order valence-corrected chi connectivity index (χ3v) is 3.51. The quantitative estimate of drug-likeness (QED) is 0.126. The van der Waals surface area contributed by atoms with E-state index in [2.05, 4.69) is 5.32 Å². The van der Waals surface area contributed by atoms with Crippen LogP contribution in [-0.2, 0) is 9.53 Å². The van der Waals surface area contributed by atoms with Gasteiger partial charge in [-0.2, -0.15) is 0 Å². The topological polar surface area (TPSA) is 55.4 Å². The van der Waals surface area contributed by atoms with Crippen molar-refractivity contribution >= 4 is 11.8 Å². The SMILES string of the molecule is CCOC(=O)C(=CNC1CC1)C(=O)c1c(C)c(F)c(F)c(F)c1F. The van der Waals surface area contributed by atoms with E-state index in [1.807, 2.05) is 0 Å². The Balaban J connectivity index is 2.50. The van der Waals surface area contributed by atoms with Gasteiger partial charge in [0.1, 0.15) is 5.57 Å². The Morgan fingerprint density at radius 3 is 2.25 bits per heavy atom. The molecule has 1 fully saturated rings.